The van der Waals surface area contributed by atoms with Gasteiger partial charge in [-0.25, -0.2) is 14.8 Å². The van der Waals surface area contributed by atoms with E-state index in [1.54, 1.807) is 0 Å². The van der Waals surface area contributed by atoms with E-state index in [0.29, 0.717) is 67.0 Å². The van der Waals surface area contributed by atoms with Crippen LogP contribution in [0, 0.1) is 12.8 Å². The van der Waals surface area contributed by atoms with Crippen molar-refractivity contribution in [3.63, 3.8) is 0 Å². The van der Waals surface area contributed by atoms with Gasteiger partial charge in [0.2, 0.25) is 11.8 Å². The number of imide groups is 1. The summed E-state index contributed by atoms with van der Waals surface area (Å²) in [4.78, 5) is 69.8. The number of amides is 3. The second-order valence-corrected chi connectivity index (χ2v) is 20.9. The number of rotatable bonds is 14. The normalized spacial score (nSPS) is 18.0. The summed E-state index contributed by atoms with van der Waals surface area (Å²) in [5, 5.41) is 22.2. The zero-order chi connectivity index (χ0) is 50.2. The first kappa shape index (κ1) is 48.1. The third kappa shape index (κ3) is 10.1. The Labute approximate surface area is 428 Å². The molecule has 1 unspecified atom stereocenters. The molecule has 1 atom stereocenters. The van der Waals surface area contributed by atoms with Crippen LogP contribution < -0.4 is 25.2 Å². The molecule has 0 spiro atoms. The Hall–Kier alpha value is -7.21. The molecule has 3 aromatic heterocycles. The quantitative estimate of drug-likeness (QED) is 0.0709. The lowest BCUT2D eigenvalue weighted by molar-refractivity contribution is -0.134. The highest BCUT2D eigenvalue weighted by Gasteiger charge is 2.33. The molecule has 4 aromatic carbocycles. The first-order valence-electron chi connectivity index (χ1n) is 25.5. The van der Waals surface area contributed by atoms with Crippen LogP contribution in [0.2, 0.25) is 0 Å². The largest absolute Gasteiger partial charge is 0.493 e. The van der Waals surface area contributed by atoms with Crippen molar-refractivity contribution in [2.45, 2.75) is 57.9 Å². The average molecular weight is 1000 g/mol. The molecule has 11 rings (SSSR count). The standard InChI is InChI=1S/C56H60N10O6S/c1-35-39(40-16-18-49(58-52(40)55(70)71)66-26-22-37-8-5-10-41(44(37)34-66)53(68)60-56-57-45-11-3-4-13-48(45)73-56)9-6-12-47(35)72-31-7-23-63-27-29-64(30-28-63)33-36-20-24-65(25-21-36)38-14-15-42-46(32-38)62(2)61-51(42)43-17-19-50(67)59-54(43)69/h3-6,8-16,18,32,36,43H,7,17,19-31,33-34H2,1-2H3,(H,70,71)(H,57,60,68)(H,59,67,69). The Morgan fingerprint density at radius 3 is 2.45 bits per heavy atom. The SMILES string of the molecule is Cc1c(OCCCN2CCN(CC3CCN(c4ccc5c(C6CCC(=O)NC6=O)nn(C)c5c4)CC3)CC2)cccc1-c1ccc(N2CCc3cccc(C(=O)Nc4nc5ccccc5s4)c3C2)nc1C(=O)O. The molecular weight excluding hydrogens is 941 g/mol. The van der Waals surface area contributed by atoms with Gasteiger partial charge in [-0.1, -0.05) is 47.7 Å². The van der Waals surface area contributed by atoms with Crippen LogP contribution in [0.3, 0.4) is 0 Å². The van der Waals surface area contributed by atoms with Gasteiger partial charge in [0.15, 0.2) is 10.8 Å². The van der Waals surface area contributed by atoms with E-state index < -0.39 is 11.9 Å². The number of aromatic nitrogens is 4. The number of fused-ring (bicyclic) bond motifs is 3. The van der Waals surface area contributed by atoms with Gasteiger partial charge in [-0.05, 0) is 122 Å². The molecule has 16 nitrogen and oxygen atoms in total. The number of benzene rings is 4. The highest BCUT2D eigenvalue weighted by molar-refractivity contribution is 7.22. The van der Waals surface area contributed by atoms with E-state index in [1.165, 1.54) is 17.0 Å². The molecule has 0 saturated carbocycles. The molecule has 0 bridgehead atoms. The third-order valence-corrected chi connectivity index (χ3v) is 16.2. The Morgan fingerprint density at radius 2 is 1.64 bits per heavy atom. The second kappa shape index (κ2) is 20.7. The fraction of sp³-hybridized carbons (Fsp3) is 0.375. The van der Waals surface area contributed by atoms with Crippen molar-refractivity contribution in [3.05, 3.63) is 125 Å². The van der Waals surface area contributed by atoms with Crippen molar-refractivity contribution in [2.75, 3.05) is 80.6 Å². The van der Waals surface area contributed by atoms with Crippen LogP contribution in [-0.4, -0.2) is 124 Å². The minimum atomic E-state index is -1.11. The summed E-state index contributed by atoms with van der Waals surface area (Å²) in [5.41, 5.74) is 8.45. The number of thiazole rings is 1. The van der Waals surface area contributed by atoms with Gasteiger partial charge in [0.05, 0.1) is 34.0 Å². The number of carboxylic acid groups (broad SMARTS) is 1. The third-order valence-electron chi connectivity index (χ3n) is 15.3. The first-order chi connectivity index (χ1) is 35.5. The number of carboxylic acids is 1. The number of carbonyl (C=O) groups excluding carboxylic acids is 3. The second-order valence-electron chi connectivity index (χ2n) is 19.8. The molecule has 3 saturated heterocycles. The summed E-state index contributed by atoms with van der Waals surface area (Å²) < 4.78 is 9.23. The maximum Gasteiger partial charge on any atom is 0.355 e. The predicted octanol–water partition coefficient (Wildman–Crippen LogP) is 7.89. The fourth-order valence-electron chi connectivity index (χ4n) is 11.2. The number of aromatic carboxylic acids is 1. The van der Waals surface area contributed by atoms with Gasteiger partial charge in [0.1, 0.15) is 11.6 Å². The molecule has 17 heteroatoms. The molecule has 4 aliphatic rings. The summed E-state index contributed by atoms with van der Waals surface area (Å²) in [6.07, 6.45) is 4.68. The molecule has 3 fully saturated rings. The van der Waals surface area contributed by atoms with E-state index in [2.05, 4.69) is 48.5 Å². The van der Waals surface area contributed by atoms with E-state index in [4.69, 9.17) is 14.8 Å². The smallest absolute Gasteiger partial charge is 0.355 e. The highest BCUT2D eigenvalue weighted by atomic mass is 32.1. The molecule has 4 aliphatic heterocycles. The monoisotopic (exact) mass is 1000 g/mol. The van der Waals surface area contributed by atoms with Crippen molar-refractivity contribution >= 4 is 72.8 Å². The Bertz CT molecular complexity index is 3210. The van der Waals surface area contributed by atoms with Gasteiger partial charge in [0.25, 0.3) is 5.91 Å². The Balaban J connectivity index is 0.646. The maximum atomic E-state index is 13.6. The van der Waals surface area contributed by atoms with Crippen LogP contribution in [0.4, 0.5) is 16.6 Å². The molecule has 7 heterocycles. The Kier molecular flexibility index (Phi) is 13.6. The average Bonchev–Trinajstić information content (AvgIpc) is 3.97. The summed E-state index contributed by atoms with van der Waals surface area (Å²) in [5.74, 6) is -0.281. The van der Waals surface area contributed by atoms with Crippen molar-refractivity contribution < 1.29 is 29.0 Å². The number of hydrogen-bond donors (Lipinski definition) is 3. The molecule has 7 aromatic rings. The fourth-order valence-corrected chi connectivity index (χ4v) is 12.1. The molecule has 73 heavy (non-hydrogen) atoms. The molecule has 3 amide bonds. The lowest BCUT2D eigenvalue weighted by Crippen LogP contribution is -2.49. The minimum Gasteiger partial charge on any atom is -0.493 e. The van der Waals surface area contributed by atoms with Gasteiger partial charge in [-0.2, -0.15) is 5.10 Å². The topological polar surface area (TPSA) is 178 Å². The maximum absolute atomic E-state index is 13.6. The summed E-state index contributed by atoms with van der Waals surface area (Å²) >= 11 is 1.44. The van der Waals surface area contributed by atoms with Crippen LogP contribution in [0.25, 0.3) is 32.2 Å². The molecule has 376 valence electrons. The zero-order valence-electron chi connectivity index (χ0n) is 41.3. The van der Waals surface area contributed by atoms with Crippen LogP contribution in [0.1, 0.15) is 81.3 Å². The van der Waals surface area contributed by atoms with Gasteiger partial charge in [-0.15, -0.1) is 0 Å². The van der Waals surface area contributed by atoms with Crippen molar-refractivity contribution in [3.8, 4) is 16.9 Å². The molecule has 3 N–H and O–H groups in total. The number of nitrogens with zero attached hydrogens (tertiary/aromatic N) is 8. The predicted molar refractivity (Wildman–Crippen MR) is 284 cm³/mol. The van der Waals surface area contributed by atoms with Crippen molar-refractivity contribution in [1.29, 1.82) is 0 Å². The van der Waals surface area contributed by atoms with Crippen LogP contribution in [-0.2, 0) is 29.6 Å². The number of hydrogen-bond acceptors (Lipinski definition) is 13. The zero-order valence-corrected chi connectivity index (χ0v) is 42.1. The first-order valence-corrected chi connectivity index (χ1v) is 26.3. The van der Waals surface area contributed by atoms with Crippen molar-refractivity contribution in [2.24, 2.45) is 13.0 Å². The number of piperidine rings is 2. The van der Waals surface area contributed by atoms with E-state index in [9.17, 15) is 24.3 Å². The number of aryl methyl sites for hydroxylation is 1. The summed E-state index contributed by atoms with van der Waals surface area (Å²) in [7, 11) is 1.92. The lowest BCUT2D eigenvalue weighted by atomic mass is 9.92. The number of carbonyl (C=O) groups is 4. The minimum absolute atomic E-state index is 0.0291. The van der Waals surface area contributed by atoms with Crippen LogP contribution in [0.5, 0.6) is 5.75 Å². The van der Waals surface area contributed by atoms with E-state index in [1.807, 2.05) is 96.3 Å². The van der Waals surface area contributed by atoms with Crippen LogP contribution in [0.15, 0.2) is 91.0 Å². The van der Waals surface area contributed by atoms with E-state index >= 15 is 0 Å². The number of anilines is 3. The van der Waals surface area contributed by atoms with Gasteiger partial charge in [-0.3, -0.25) is 29.7 Å². The number of para-hydroxylation sites is 1. The van der Waals surface area contributed by atoms with Gasteiger partial charge in [0, 0.05) is 101 Å². The molecule has 0 aliphatic carbocycles. The van der Waals surface area contributed by atoms with E-state index in [-0.39, 0.29) is 23.4 Å². The number of pyridine rings is 1. The number of ether oxygens (including phenoxy) is 1. The molecule has 0 radical (unpaired) electrons. The van der Waals surface area contributed by atoms with Crippen molar-refractivity contribution in [1.82, 2.24) is 34.9 Å². The number of nitrogens with one attached hydrogen (secondary N) is 2. The van der Waals surface area contributed by atoms with Gasteiger partial charge < -0.3 is 29.4 Å². The summed E-state index contributed by atoms with van der Waals surface area (Å²) in [6.45, 7) is 11.8. The number of piperazine rings is 1. The van der Waals surface area contributed by atoms with Gasteiger partial charge >= 0.3 is 5.97 Å². The van der Waals surface area contributed by atoms with Crippen LogP contribution >= 0.6 is 11.3 Å². The summed E-state index contributed by atoms with van der Waals surface area (Å²) in [6, 6.07) is 29.5. The Morgan fingerprint density at radius 1 is 0.836 bits per heavy atom. The lowest BCUT2D eigenvalue weighted by Gasteiger charge is -2.39. The molecular formula is C56H60N10O6S. The highest BCUT2D eigenvalue weighted by Crippen LogP contribution is 2.36. The van der Waals surface area contributed by atoms with E-state index in [0.717, 1.165) is 126 Å².